The molecule has 0 saturated carbocycles. The number of thioether (sulfide) groups is 1. The lowest BCUT2D eigenvalue weighted by atomic mass is 9.97. The van der Waals surface area contributed by atoms with Crippen LogP contribution in [0.4, 0.5) is 0 Å². The lowest BCUT2D eigenvalue weighted by Crippen LogP contribution is -2.34. The predicted octanol–water partition coefficient (Wildman–Crippen LogP) is 4.38. The maximum absolute atomic E-state index is 13.5. The van der Waals surface area contributed by atoms with E-state index in [4.69, 9.17) is 9.72 Å². The second-order valence-electron chi connectivity index (χ2n) is 8.55. The summed E-state index contributed by atoms with van der Waals surface area (Å²) in [5.74, 6) is 0.167. The summed E-state index contributed by atoms with van der Waals surface area (Å²) < 4.78 is 6.94. The molecule has 0 radical (unpaired) electrons. The minimum atomic E-state index is -0.374. The Balaban J connectivity index is 1.53. The summed E-state index contributed by atoms with van der Waals surface area (Å²) in [5, 5.41) is 4.04. The fraction of sp³-hybridized carbons (Fsp3) is 0.480. The van der Waals surface area contributed by atoms with Crippen molar-refractivity contribution in [3.63, 3.8) is 0 Å². The van der Waals surface area contributed by atoms with Crippen molar-refractivity contribution in [3.05, 3.63) is 56.7 Å². The average Bonchev–Trinajstić information content (AvgIpc) is 3.21. The highest BCUT2D eigenvalue weighted by atomic mass is 32.2. The Morgan fingerprint density at radius 3 is 2.76 bits per heavy atom. The van der Waals surface area contributed by atoms with Crippen LogP contribution in [0, 0.1) is 0 Å². The molecule has 0 saturated heterocycles. The van der Waals surface area contributed by atoms with Crippen LogP contribution in [0.2, 0.25) is 0 Å². The third kappa shape index (κ3) is 5.34. The molecule has 1 aliphatic carbocycles. The smallest absolute Gasteiger partial charge is 0.263 e. The molecule has 4 rings (SSSR count). The summed E-state index contributed by atoms with van der Waals surface area (Å²) in [5.41, 5.74) is 2.37. The molecule has 2 aromatic heterocycles. The summed E-state index contributed by atoms with van der Waals surface area (Å²) in [6, 6.07) is 10.2. The first-order valence-corrected chi connectivity index (χ1v) is 13.2. The van der Waals surface area contributed by atoms with E-state index in [-0.39, 0.29) is 22.6 Å². The molecule has 33 heavy (non-hydrogen) atoms. The lowest BCUT2D eigenvalue weighted by molar-refractivity contribution is -0.120. The Morgan fingerprint density at radius 1 is 1.24 bits per heavy atom. The number of hydrogen-bond acceptors (Lipinski definition) is 6. The second-order valence-corrected chi connectivity index (χ2v) is 10.9. The molecule has 1 N–H and O–H groups in total. The summed E-state index contributed by atoms with van der Waals surface area (Å²) in [4.78, 5) is 33.3. The van der Waals surface area contributed by atoms with Gasteiger partial charge in [0.05, 0.1) is 23.8 Å². The van der Waals surface area contributed by atoms with Crippen molar-refractivity contribution in [3.8, 4) is 0 Å². The van der Waals surface area contributed by atoms with Crippen molar-refractivity contribution in [2.24, 2.45) is 0 Å². The van der Waals surface area contributed by atoms with Crippen molar-refractivity contribution < 1.29 is 9.53 Å². The van der Waals surface area contributed by atoms with Crippen LogP contribution in [-0.2, 0) is 28.9 Å². The molecule has 0 fully saturated rings. The van der Waals surface area contributed by atoms with E-state index in [0.717, 1.165) is 35.9 Å². The number of methoxy groups -OCH3 is 1. The van der Waals surface area contributed by atoms with Crippen LogP contribution in [0.25, 0.3) is 10.2 Å². The lowest BCUT2D eigenvalue weighted by Gasteiger charge is -2.18. The SMILES string of the molecule is COCCn1c(SC(C)C(=O)NCC(C)c2ccccc2)nc2sc3c(c2c1=O)CCCC3. The molecular weight excluding hydrogens is 454 g/mol. The van der Waals surface area contributed by atoms with Crippen LogP contribution in [0.3, 0.4) is 0 Å². The number of carbonyl (C=O) groups excluding carboxylic acids is 1. The van der Waals surface area contributed by atoms with Crippen LogP contribution in [0.15, 0.2) is 40.3 Å². The number of aromatic nitrogens is 2. The standard InChI is InChI=1S/C25H31N3O3S2/c1-16(18-9-5-4-6-10-18)15-26-22(29)17(2)32-25-27-23-21(24(30)28(25)13-14-31-3)19-11-7-8-12-20(19)33-23/h4-6,9-10,16-17H,7-8,11-15H2,1-3H3,(H,26,29). The highest BCUT2D eigenvalue weighted by Crippen LogP contribution is 2.35. The van der Waals surface area contributed by atoms with Crippen molar-refractivity contribution in [1.82, 2.24) is 14.9 Å². The zero-order chi connectivity index (χ0) is 23.4. The van der Waals surface area contributed by atoms with Crippen LogP contribution < -0.4 is 10.9 Å². The van der Waals surface area contributed by atoms with E-state index in [2.05, 4.69) is 24.4 Å². The summed E-state index contributed by atoms with van der Waals surface area (Å²) in [6.45, 7) is 5.37. The summed E-state index contributed by atoms with van der Waals surface area (Å²) >= 11 is 2.98. The van der Waals surface area contributed by atoms with E-state index in [1.165, 1.54) is 27.8 Å². The predicted molar refractivity (Wildman–Crippen MR) is 136 cm³/mol. The van der Waals surface area contributed by atoms with Gasteiger partial charge in [0.25, 0.3) is 5.56 Å². The van der Waals surface area contributed by atoms with Gasteiger partial charge < -0.3 is 10.1 Å². The van der Waals surface area contributed by atoms with Gasteiger partial charge in [-0.05, 0) is 49.7 Å². The molecule has 176 valence electrons. The van der Waals surface area contributed by atoms with Gasteiger partial charge in [-0.25, -0.2) is 4.98 Å². The number of rotatable bonds is 9. The number of hydrogen-bond donors (Lipinski definition) is 1. The minimum Gasteiger partial charge on any atom is -0.383 e. The molecule has 0 aliphatic heterocycles. The van der Waals surface area contributed by atoms with Crippen LogP contribution in [0.5, 0.6) is 0 Å². The van der Waals surface area contributed by atoms with Gasteiger partial charge in [0, 0.05) is 18.5 Å². The van der Waals surface area contributed by atoms with Gasteiger partial charge in [-0.3, -0.25) is 14.2 Å². The van der Waals surface area contributed by atoms with Gasteiger partial charge in [-0.2, -0.15) is 0 Å². The number of amides is 1. The van der Waals surface area contributed by atoms with Crippen molar-refractivity contribution in [1.29, 1.82) is 0 Å². The number of nitrogens with one attached hydrogen (secondary N) is 1. The zero-order valence-corrected chi connectivity index (χ0v) is 21.1. The Morgan fingerprint density at radius 2 is 2.00 bits per heavy atom. The number of aryl methyl sites for hydroxylation is 2. The number of thiophene rings is 1. The molecule has 1 aromatic carbocycles. The quantitative estimate of drug-likeness (QED) is 0.360. The fourth-order valence-electron chi connectivity index (χ4n) is 4.20. The first-order chi connectivity index (χ1) is 16.0. The van der Waals surface area contributed by atoms with E-state index >= 15 is 0 Å². The number of fused-ring (bicyclic) bond motifs is 3. The van der Waals surface area contributed by atoms with Gasteiger partial charge in [0.1, 0.15) is 4.83 Å². The maximum atomic E-state index is 13.5. The topological polar surface area (TPSA) is 73.2 Å². The Hall–Kier alpha value is -2.16. The number of ether oxygens (including phenoxy) is 1. The minimum absolute atomic E-state index is 0.00995. The summed E-state index contributed by atoms with van der Waals surface area (Å²) in [7, 11) is 1.63. The molecule has 2 unspecified atom stereocenters. The van der Waals surface area contributed by atoms with Crippen molar-refractivity contribution in [2.45, 2.75) is 62.4 Å². The van der Waals surface area contributed by atoms with Gasteiger partial charge in [-0.1, -0.05) is 49.0 Å². The molecule has 0 spiro atoms. The normalized spacial score (nSPS) is 15.2. The third-order valence-corrected chi connectivity index (χ3v) is 8.44. The number of carbonyl (C=O) groups is 1. The molecule has 2 heterocycles. The van der Waals surface area contributed by atoms with E-state index in [1.807, 2.05) is 25.1 Å². The van der Waals surface area contributed by atoms with E-state index < -0.39 is 0 Å². The highest BCUT2D eigenvalue weighted by Gasteiger charge is 2.24. The second kappa shape index (κ2) is 10.8. The third-order valence-electron chi connectivity index (χ3n) is 6.16. The van der Waals surface area contributed by atoms with Crippen LogP contribution in [0.1, 0.15) is 48.6 Å². The van der Waals surface area contributed by atoms with Gasteiger partial charge in [0.15, 0.2) is 5.16 Å². The van der Waals surface area contributed by atoms with Gasteiger partial charge in [0.2, 0.25) is 5.91 Å². The maximum Gasteiger partial charge on any atom is 0.263 e. The van der Waals surface area contributed by atoms with E-state index in [0.29, 0.717) is 24.9 Å². The fourth-order valence-corrected chi connectivity index (χ4v) is 6.46. The largest absolute Gasteiger partial charge is 0.383 e. The first kappa shape index (κ1) is 24.0. The molecule has 1 aliphatic rings. The Kier molecular flexibility index (Phi) is 7.88. The molecule has 2 atom stereocenters. The van der Waals surface area contributed by atoms with Crippen molar-refractivity contribution >= 4 is 39.2 Å². The number of nitrogens with zero attached hydrogens (tertiary/aromatic N) is 2. The Labute approximate surface area is 202 Å². The molecular formula is C25H31N3O3S2. The summed E-state index contributed by atoms with van der Waals surface area (Å²) in [6.07, 6.45) is 4.25. The first-order valence-electron chi connectivity index (χ1n) is 11.5. The van der Waals surface area contributed by atoms with E-state index in [1.54, 1.807) is 23.0 Å². The van der Waals surface area contributed by atoms with Gasteiger partial charge >= 0.3 is 0 Å². The van der Waals surface area contributed by atoms with Crippen LogP contribution >= 0.6 is 23.1 Å². The van der Waals surface area contributed by atoms with E-state index in [9.17, 15) is 9.59 Å². The average molecular weight is 486 g/mol. The number of benzene rings is 1. The highest BCUT2D eigenvalue weighted by molar-refractivity contribution is 8.00. The monoisotopic (exact) mass is 485 g/mol. The van der Waals surface area contributed by atoms with Gasteiger partial charge in [-0.15, -0.1) is 11.3 Å². The van der Waals surface area contributed by atoms with Crippen LogP contribution in [-0.4, -0.2) is 41.0 Å². The molecule has 8 heteroatoms. The molecule has 0 bridgehead atoms. The molecule has 1 amide bonds. The van der Waals surface area contributed by atoms with Crippen molar-refractivity contribution in [2.75, 3.05) is 20.3 Å². The Bertz CT molecular complexity index is 1170. The molecule has 3 aromatic rings. The molecule has 6 nitrogen and oxygen atoms in total. The zero-order valence-electron chi connectivity index (χ0n) is 19.4.